The summed E-state index contributed by atoms with van der Waals surface area (Å²) in [6, 6.07) is 4.25. The predicted molar refractivity (Wildman–Crippen MR) is 68.8 cm³/mol. The maximum Gasteiger partial charge on any atom is 0.224 e. The van der Waals surface area contributed by atoms with Crippen molar-refractivity contribution in [2.75, 3.05) is 25.5 Å². The molecule has 1 rings (SSSR count). The molecule has 0 aromatic heterocycles. The van der Waals surface area contributed by atoms with Crippen LogP contribution < -0.4 is 10.2 Å². The van der Waals surface area contributed by atoms with E-state index in [1.54, 1.807) is 13.1 Å². The first-order valence-corrected chi connectivity index (χ1v) is 5.81. The topological polar surface area (TPSA) is 52.6 Å². The summed E-state index contributed by atoms with van der Waals surface area (Å²) < 4.78 is 13.0. The molecule has 100 valence electrons. The molecule has 0 bridgehead atoms. The number of hydrogen-bond donors (Lipinski definition) is 2. The molecular formula is C13H19FN2O2. The number of aliphatic hydroxyl groups is 1. The smallest absolute Gasteiger partial charge is 0.224 e. The average molecular weight is 254 g/mol. The van der Waals surface area contributed by atoms with E-state index in [2.05, 4.69) is 5.32 Å². The zero-order chi connectivity index (χ0) is 13.7. The molecule has 1 atom stereocenters. The van der Waals surface area contributed by atoms with Gasteiger partial charge in [-0.1, -0.05) is 6.92 Å². The molecular weight excluding hydrogens is 235 g/mol. The summed E-state index contributed by atoms with van der Waals surface area (Å²) in [5.74, 6) is -0.610. The van der Waals surface area contributed by atoms with E-state index in [4.69, 9.17) is 0 Å². The van der Waals surface area contributed by atoms with E-state index in [0.717, 1.165) is 5.69 Å². The lowest BCUT2D eigenvalue weighted by Crippen LogP contribution is -2.34. The fourth-order valence-corrected chi connectivity index (χ4v) is 1.89. The average Bonchev–Trinajstić information content (AvgIpc) is 2.37. The zero-order valence-corrected chi connectivity index (χ0v) is 10.9. The van der Waals surface area contributed by atoms with Crippen molar-refractivity contribution in [3.8, 4) is 0 Å². The Morgan fingerprint density at radius 1 is 1.56 bits per heavy atom. The van der Waals surface area contributed by atoms with Crippen LogP contribution in [0.15, 0.2) is 18.2 Å². The molecule has 1 aromatic rings. The summed E-state index contributed by atoms with van der Waals surface area (Å²) in [5.41, 5.74) is 1.25. The van der Waals surface area contributed by atoms with Crippen molar-refractivity contribution in [2.45, 2.75) is 13.5 Å². The van der Waals surface area contributed by atoms with Crippen molar-refractivity contribution >= 4 is 11.6 Å². The van der Waals surface area contributed by atoms with Gasteiger partial charge in [0.15, 0.2) is 0 Å². The van der Waals surface area contributed by atoms with Crippen LogP contribution >= 0.6 is 0 Å². The van der Waals surface area contributed by atoms with Crippen LogP contribution in [0.1, 0.15) is 12.5 Å². The van der Waals surface area contributed by atoms with Crippen molar-refractivity contribution in [3.63, 3.8) is 0 Å². The monoisotopic (exact) mass is 254 g/mol. The molecule has 0 radical (unpaired) electrons. The maximum atomic E-state index is 13.0. The number of carbonyl (C=O) groups excluding carboxylic acids is 1. The Hall–Kier alpha value is -1.62. The molecule has 4 nitrogen and oxygen atoms in total. The molecule has 0 heterocycles. The molecule has 5 heteroatoms. The first-order valence-electron chi connectivity index (χ1n) is 5.81. The molecule has 0 aliphatic carbocycles. The Bertz CT molecular complexity index is 423. The van der Waals surface area contributed by atoms with E-state index in [0.29, 0.717) is 12.1 Å². The SMILES string of the molecule is CNC(=O)C(C)CN(C)c1ccc(F)cc1CO. The minimum atomic E-state index is -0.379. The van der Waals surface area contributed by atoms with Crippen molar-refractivity contribution in [1.82, 2.24) is 5.32 Å². The van der Waals surface area contributed by atoms with Gasteiger partial charge in [0.1, 0.15) is 5.82 Å². The predicted octanol–water partition coefficient (Wildman–Crippen LogP) is 1.14. The van der Waals surface area contributed by atoms with Crippen LogP contribution in [0.3, 0.4) is 0 Å². The van der Waals surface area contributed by atoms with Gasteiger partial charge in [-0.3, -0.25) is 4.79 Å². The standard InChI is InChI=1S/C13H19FN2O2/c1-9(13(18)15-2)7-16(3)12-5-4-11(14)6-10(12)8-17/h4-6,9,17H,7-8H2,1-3H3,(H,15,18). The summed E-state index contributed by atoms with van der Waals surface area (Å²) in [6.07, 6.45) is 0. The quantitative estimate of drug-likeness (QED) is 0.828. The van der Waals surface area contributed by atoms with E-state index in [1.165, 1.54) is 12.1 Å². The second kappa shape index (κ2) is 6.35. The first-order chi connectivity index (χ1) is 8.49. The highest BCUT2D eigenvalue weighted by molar-refractivity contribution is 5.78. The summed E-state index contributed by atoms with van der Waals surface area (Å²) in [4.78, 5) is 13.3. The number of anilines is 1. The van der Waals surface area contributed by atoms with Gasteiger partial charge in [-0.15, -0.1) is 0 Å². The number of carbonyl (C=O) groups is 1. The molecule has 1 aromatic carbocycles. The van der Waals surface area contributed by atoms with E-state index in [9.17, 15) is 14.3 Å². The van der Waals surface area contributed by atoms with Gasteiger partial charge in [-0.25, -0.2) is 4.39 Å². The van der Waals surface area contributed by atoms with Crippen LogP contribution in [-0.2, 0) is 11.4 Å². The van der Waals surface area contributed by atoms with Crippen molar-refractivity contribution < 1.29 is 14.3 Å². The molecule has 2 N–H and O–H groups in total. The Balaban J connectivity index is 2.83. The van der Waals surface area contributed by atoms with Gasteiger partial charge in [-0.05, 0) is 18.2 Å². The number of rotatable bonds is 5. The van der Waals surface area contributed by atoms with Crippen LogP contribution in [-0.4, -0.2) is 31.7 Å². The minimum absolute atomic E-state index is 0.0467. The minimum Gasteiger partial charge on any atom is -0.392 e. The molecule has 0 spiro atoms. The van der Waals surface area contributed by atoms with Gasteiger partial charge in [-0.2, -0.15) is 0 Å². The summed E-state index contributed by atoms with van der Waals surface area (Å²) >= 11 is 0. The maximum absolute atomic E-state index is 13.0. The second-order valence-corrected chi connectivity index (χ2v) is 4.33. The Labute approximate surface area is 106 Å². The molecule has 0 saturated heterocycles. The molecule has 0 saturated carbocycles. The van der Waals surface area contributed by atoms with Gasteiger partial charge in [0.25, 0.3) is 0 Å². The number of nitrogens with zero attached hydrogens (tertiary/aromatic N) is 1. The van der Waals surface area contributed by atoms with Gasteiger partial charge in [0.2, 0.25) is 5.91 Å². The first kappa shape index (κ1) is 14.4. The van der Waals surface area contributed by atoms with Gasteiger partial charge in [0, 0.05) is 31.9 Å². The summed E-state index contributed by atoms with van der Waals surface area (Å²) in [7, 11) is 3.40. The highest BCUT2D eigenvalue weighted by atomic mass is 19.1. The lowest BCUT2D eigenvalue weighted by molar-refractivity contribution is -0.123. The third-order valence-corrected chi connectivity index (χ3v) is 2.86. The molecule has 18 heavy (non-hydrogen) atoms. The largest absolute Gasteiger partial charge is 0.392 e. The van der Waals surface area contributed by atoms with Crippen molar-refractivity contribution in [1.29, 1.82) is 0 Å². The van der Waals surface area contributed by atoms with Gasteiger partial charge in [0.05, 0.1) is 12.5 Å². The van der Waals surface area contributed by atoms with Crippen LogP contribution in [0.2, 0.25) is 0 Å². The zero-order valence-electron chi connectivity index (χ0n) is 10.9. The number of aliphatic hydroxyl groups excluding tert-OH is 1. The Morgan fingerprint density at radius 2 is 2.22 bits per heavy atom. The molecule has 0 aliphatic rings. The van der Waals surface area contributed by atoms with E-state index < -0.39 is 0 Å². The lowest BCUT2D eigenvalue weighted by Gasteiger charge is -2.24. The summed E-state index contributed by atoms with van der Waals surface area (Å²) in [6.45, 7) is 2.08. The molecule has 1 amide bonds. The van der Waals surface area contributed by atoms with E-state index in [-0.39, 0.29) is 24.2 Å². The van der Waals surface area contributed by atoms with Gasteiger partial charge >= 0.3 is 0 Å². The Kier molecular flexibility index (Phi) is 5.09. The van der Waals surface area contributed by atoms with E-state index in [1.807, 2.05) is 18.9 Å². The molecule has 0 fully saturated rings. The number of halogens is 1. The third-order valence-electron chi connectivity index (χ3n) is 2.86. The van der Waals surface area contributed by atoms with E-state index >= 15 is 0 Å². The van der Waals surface area contributed by atoms with Crippen LogP contribution in [0.25, 0.3) is 0 Å². The number of hydrogen-bond acceptors (Lipinski definition) is 3. The molecule has 1 unspecified atom stereocenters. The van der Waals surface area contributed by atoms with Crippen LogP contribution in [0.5, 0.6) is 0 Å². The fraction of sp³-hybridized carbons (Fsp3) is 0.462. The van der Waals surface area contributed by atoms with Crippen molar-refractivity contribution in [2.24, 2.45) is 5.92 Å². The van der Waals surface area contributed by atoms with Crippen LogP contribution in [0, 0.1) is 11.7 Å². The summed E-state index contributed by atoms with van der Waals surface area (Å²) in [5, 5.41) is 11.8. The third kappa shape index (κ3) is 3.43. The lowest BCUT2D eigenvalue weighted by atomic mass is 10.1. The van der Waals surface area contributed by atoms with Crippen LogP contribution in [0.4, 0.5) is 10.1 Å². The number of benzene rings is 1. The Morgan fingerprint density at radius 3 is 2.78 bits per heavy atom. The number of nitrogens with one attached hydrogen (secondary N) is 1. The highest BCUT2D eigenvalue weighted by Crippen LogP contribution is 2.21. The molecule has 0 aliphatic heterocycles. The fourth-order valence-electron chi connectivity index (χ4n) is 1.89. The van der Waals surface area contributed by atoms with Crippen molar-refractivity contribution in [3.05, 3.63) is 29.6 Å². The normalized spacial score (nSPS) is 12.1. The highest BCUT2D eigenvalue weighted by Gasteiger charge is 2.15. The van der Waals surface area contributed by atoms with Gasteiger partial charge < -0.3 is 15.3 Å². The second-order valence-electron chi connectivity index (χ2n) is 4.33. The number of amides is 1.